The maximum atomic E-state index is 11.9. The molecule has 0 radical (unpaired) electrons. The van der Waals surface area contributed by atoms with Crippen LogP contribution >= 0.6 is 23.2 Å². The molecule has 1 aromatic carbocycles. The Bertz CT molecular complexity index is 634. The summed E-state index contributed by atoms with van der Waals surface area (Å²) in [6.07, 6.45) is 1.57. The summed E-state index contributed by atoms with van der Waals surface area (Å²) < 4.78 is 0. The number of nitrogens with zero attached hydrogens (tertiary/aromatic N) is 1. The smallest absolute Gasteiger partial charge is 0.279 e. The first kappa shape index (κ1) is 15.8. The molecule has 1 amide bonds. The van der Waals surface area contributed by atoms with Crippen LogP contribution in [0.5, 0.6) is 0 Å². The van der Waals surface area contributed by atoms with Crippen molar-refractivity contribution in [2.45, 2.75) is 13.0 Å². The van der Waals surface area contributed by atoms with Gasteiger partial charge in [0.15, 0.2) is 11.7 Å². The fraction of sp³-hybridized carbons (Fsp3) is 0.200. The minimum Gasteiger partial charge on any atom is -0.332 e. The molecule has 0 unspecified atom stereocenters. The number of quaternary nitrogens is 1. The molecule has 21 heavy (non-hydrogen) atoms. The Morgan fingerprint density at radius 2 is 2.05 bits per heavy atom. The van der Waals surface area contributed by atoms with Crippen LogP contribution in [0.25, 0.3) is 0 Å². The van der Waals surface area contributed by atoms with Crippen molar-refractivity contribution in [1.29, 1.82) is 0 Å². The Balaban J connectivity index is 1.90. The molecular weight excluding hydrogens is 309 g/mol. The van der Waals surface area contributed by atoms with E-state index >= 15 is 0 Å². The van der Waals surface area contributed by atoms with Crippen molar-refractivity contribution in [2.24, 2.45) is 0 Å². The van der Waals surface area contributed by atoms with Crippen molar-refractivity contribution in [3.8, 4) is 0 Å². The molecule has 2 rings (SSSR count). The molecule has 0 saturated heterocycles. The molecule has 6 heteroatoms. The molecule has 0 aliphatic carbocycles. The molecule has 0 fully saturated rings. The summed E-state index contributed by atoms with van der Waals surface area (Å²) in [7, 11) is 0. The zero-order chi connectivity index (χ0) is 15.2. The van der Waals surface area contributed by atoms with E-state index in [-0.39, 0.29) is 23.6 Å². The molecule has 1 aromatic heterocycles. The van der Waals surface area contributed by atoms with Crippen molar-refractivity contribution in [3.63, 3.8) is 0 Å². The lowest BCUT2D eigenvalue weighted by Crippen LogP contribution is -2.86. The number of pyridine rings is 1. The molecule has 110 valence electrons. The minimum absolute atomic E-state index is 0.0915. The van der Waals surface area contributed by atoms with Gasteiger partial charge in [-0.3, -0.25) is 4.79 Å². The lowest BCUT2D eigenvalue weighted by Gasteiger charge is -2.12. The second-order valence-corrected chi connectivity index (χ2v) is 5.41. The first-order valence-corrected chi connectivity index (χ1v) is 7.31. The van der Waals surface area contributed by atoms with Gasteiger partial charge in [-0.05, 0) is 25.1 Å². The van der Waals surface area contributed by atoms with Crippen LogP contribution in [0.15, 0.2) is 42.6 Å². The van der Waals surface area contributed by atoms with Gasteiger partial charge in [0.25, 0.3) is 5.91 Å². The highest BCUT2D eigenvalue weighted by molar-refractivity contribution is 6.32. The number of anilines is 1. The van der Waals surface area contributed by atoms with Crippen LogP contribution in [-0.4, -0.2) is 17.4 Å². The summed E-state index contributed by atoms with van der Waals surface area (Å²) in [5.74, 6) is -0.135. The molecule has 1 atom stereocenters. The second kappa shape index (κ2) is 7.41. The first-order valence-electron chi connectivity index (χ1n) is 6.56. The van der Waals surface area contributed by atoms with Crippen molar-refractivity contribution in [2.75, 3.05) is 11.9 Å². The van der Waals surface area contributed by atoms with Crippen LogP contribution in [0, 0.1) is 0 Å². The van der Waals surface area contributed by atoms with Gasteiger partial charge in [-0.1, -0.05) is 41.4 Å². The summed E-state index contributed by atoms with van der Waals surface area (Å²) in [4.78, 5) is 15.8. The first-order chi connectivity index (χ1) is 10.1. The summed E-state index contributed by atoms with van der Waals surface area (Å²) in [6, 6.07) is 11.1. The zero-order valence-corrected chi connectivity index (χ0v) is 13.0. The Morgan fingerprint density at radius 1 is 1.29 bits per heavy atom. The van der Waals surface area contributed by atoms with Gasteiger partial charge in [-0.2, -0.15) is 0 Å². The van der Waals surface area contributed by atoms with Crippen LogP contribution in [-0.2, 0) is 4.79 Å². The quantitative estimate of drug-likeness (QED) is 0.831. The van der Waals surface area contributed by atoms with Crippen LogP contribution in [0.1, 0.15) is 18.5 Å². The maximum absolute atomic E-state index is 11.9. The largest absolute Gasteiger partial charge is 0.332 e. The predicted octanol–water partition coefficient (Wildman–Crippen LogP) is 2.65. The molecular formula is C15H16Cl2N3O+. The topological polar surface area (TPSA) is 58.6 Å². The highest BCUT2D eigenvalue weighted by Gasteiger charge is 2.14. The van der Waals surface area contributed by atoms with Crippen LogP contribution in [0.3, 0.4) is 0 Å². The van der Waals surface area contributed by atoms with E-state index in [1.54, 1.807) is 18.3 Å². The van der Waals surface area contributed by atoms with Gasteiger partial charge in [0.2, 0.25) is 0 Å². The number of hydrogen-bond donors (Lipinski definition) is 2. The summed E-state index contributed by atoms with van der Waals surface area (Å²) in [6.45, 7) is 2.28. The van der Waals surface area contributed by atoms with E-state index in [4.69, 9.17) is 23.2 Å². The molecule has 0 bridgehead atoms. The molecule has 3 N–H and O–H groups in total. The lowest BCUT2D eigenvalue weighted by molar-refractivity contribution is -0.682. The average Bonchev–Trinajstić information content (AvgIpc) is 2.48. The number of hydrogen-bond acceptors (Lipinski definition) is 2. The highest BCUT2D eigenvalue weighted by atomic mass is 35.5. The van der Waals surface area contributed by atoms with Crippen molar-refractivity contribution in [1.82, 2.24) is 4.98 Å². The number of benzene rings is 1. The minimum atomic E-state index is -0.135. The van der Waals surface area contributed by atoms with Gasteiger partial charge in [0.05, 0.1) is 5.69 Å². The van der Waals surface area contributed by atoms with Gasteiger partial charge in [0, 0.05) is 16.8 Å². The predicted molar refractivity (Wildman–Crippen MR) is 84.5 cm³/mol. The number of rotatable bonds is 5. The summed E-state index contributed by atoms with van der Waals surface area (Å²) in [5, 5.41) is 5.64. The monoisotopic (exact) mass is 324 g/mol. The summed E-state index contributed by atoms with van der Waals surface area (Å²) >= 11 is 12.0. The molecule has 1 heterocycles. The maximum Gasteiger partial charge on any atom is 0.279 e. The van der Waals surface area contributed by atoms with E-state index in [9.17, 15) is 4.79 Å². The molecule has 0 saturated carbocycles. The third-order valence-corrected chi connectivity index (χ3v) is 3.73. The zero-order valence-electron chi connectivity index (χ0n) is 11.5. The van der Waals surface area contributed by atoms with Gasteiger partial charge >= 0.3 is 0 Å². The van der Waals surface area contributed by atoms with Crippen LogP contribution < -0.4 is 10.6 Å². The van der Waals surface area contributed by atoms with Gasteiger partial charge in [-0.25, -0.2) is 4.98 Å². The van der Waals surface area contributed by atoms with Crippen molar-refractivity contribution < 1.29 is 10.1 Å². The van der Waals surface area contributed by atoms with Crippen molar-refractivity contribution in [3.05, 3.63) is 58.3 Å². The van der Waals surface area contributed by atoms with Gasteiger partial charge < -0.3 is 10.6 Å². The Kier molecular flexibility index (Phi) is 5.56. The lowest BCUT2D eigenvalue weighted by atomic mass is 10.1. The number of carbonyl (C=O) groups excluding carboxylic acids is 1. The molecule has 0 aliphatic rings. The van der Waals surface area contributed by atoms with E-state index in [1.165, 1.54) is 0 Å². The Labute approximate surface area is 133 Å². The third kappa shape index (κ3) is 4.43. The van der Waals surface area contributed by atoms with E-state index in [2.05, 4.69) is 10.3 Å². The van der Waals surface area contributed by atoms with E-state index in [0.717, 1.165) is 5.56 Å². The third-order valence-electron chi connectivity index (χ3n) is 3.09. The SMILES string of the molecule is C[C@H]([NH2+]CC(=O)Nc1cccnc1Cl)c1ccccc1Cl. The van der Waals surface area contributed by atoms with E-state index in [1.807, 2.05) is 36.5 Å². The normalized spacial score (nSPS) is 12.0. The van der Waals surface area contributed by atoms with Gasteiger partial charge in [0.1, 0.15) is 6.04 Å². The second-order valence-electron chi connectivity index (χ2n) is 4.64. The van der Waals surface area contributed by atoms with Crippen LogP contribution in [0.2, 0.25) is 10.2 Å². The number of halogens is 2. The number of carbonyl (C=O) groups is 1. The molecule has 2 aromatic rings. The summed E-state index contributed by atoms with van der Waals surface area (Å²) in [5.41, 5.74) is 1.52. The molecule has 4 nitrogen and oxygen atoms in total. The molecule has 0 aliphatic heterocycles. The standard InChI is InChI=1S/C15H15Cl2N3O/c1-10(11-5-2-3-6-12(11)16)19-9-14(21)20-13-7-4-8-18-15(13)17/h2-8,10,19H,9H2,1H3,(H,20,21)/p+1/t10-/m0/s1. The fourth-order valence-corrected chi connectivity index (χ4v) is 2.41. The number of nitrogens with one attached hydrogen (secondary N) is 1. The number of amides is 1. The molecule has 0 spiro atoms. The van der Waals surface area contributed by atoms with Crippen LogP contribution in [0.4, 0.5) is 5.69 Å². The van der Waals surface area contributed by atoms with Crippen molar-refractivity contribution >= 4 is 34.8 Å². The Hall–Kier alpha value is -1.62. The average molecular weight is 325 g/mol. The van der Waals surface area contributed by atoms with E-state index < -0.39 is 0 Å². The van der Waals surface area contributed by atoms with E-state index in [0.29, 0.717) is 10.7 Å². The fourth-order valence-electron chi connectivity index (χ4n) is 1.94. The number of aromatic nitrogens is 1. The number of nitrogens with two attached hydrogens (primary N) is 1. The Morgan fingerprint density at radius 3 is 2.76 bits per heavy atom. The highest BCUT2D eigenvalue weighted by Crippen LogP contribution is 2.19. The van der Waals surface area contributed by atoms with Gasteiger partial charge in [-0.15, -0.1) is 0 Å².